The van der Waals surface area contributed by atoms with Crippen molar-refractivity contribution in [3.63, 3.8) is 0 Å². The van der Waals surface area contributed by atoms with Crippen molar-refractivity contribution in [1.82, 2.24) is 15.1 Å². The molecule has 0 spiro atoms. The highest BCUT2D eigenvalue weighted by atomic mass is 35.5. The van der Waals surface area contributed by atoms with Crippen LogP contribution in [0.5, 0.6) is 0 Å². The van der Waals surface area contributed by atoms with Crippen LogP contribution in [0.4, 0.5) is 5.69 Å². The molecule has 0 atom stereocenters. The Labute approximate surface area is 111 Å². The van der Waals surface area contributed by atoms with Crippen molar-refractivity contribution >= 4 is 28.6 Å². The zero-order chi connectivity index (χ0) is 12.5. The van der Waals surface area contributed by atoms with E-state index in [1.54, 1.807) is 29.9 Å². The number of hydrogen-bond acceptors (Lipinski definition) is 6. The Kier molecular flexibility index (Phi) is 2.73. The molecule has 0 bridgehead atoms. The van der Waals surface area contributed by atoms with Gasteiger partial charge in [0.1, 0.15) is 0 Å². The summed E-state index contributed by atoms with van der Waals surface area (Å²) in [5, 5.41) is 4.41. The van der Waals surface area contributed by atoms with Crippen LogP contribution in [-0.4, -0.2) is 15.1 Å². The number of anilines is 1. The van der Waals surface area contributed by atoms with Gasteiger partial charge in [-0.15, -0.1) is 11.3 Å². The van der Waals surface area contributed by atoms with Gasteiger partial charge in [-0.25, -0.2) is 0 Å². The molecular weight excluding hydrogens is 272 g/mol. The van der Waals surface area contributed by atoms with E-state index >= 15 is 0 Å². The molecule has 18 heavy (non-hydrogen) atoms. The lowest BCUT2D eigenvalue weighted by Gasteiger charge is -1.99. The quantitative estimate of drug-likeness (QED) is 0.729. The van der Waals surface area contributed by atoms with Crippen LogP contribution in [-0.2, 0) is 0 Å². The maximum absolute atomic E-state index is 6.07. The molecule has 1 aromatic carbocycles. The molecule has 90 valence electrons. The summed E-state index contributed by atoms with van der Waals surface area (Å²) in [7, 11) is 0. The first-order chi connectivity index (χ1) is 8.74. The third-order valence-corrected chi connectivity index (χ3v) is 3.40. The fourth-order valence-corrected chi connectivity index (χ4v) is 2.21. The van der Waals surface area contributed by atoms with Crippen LogP contribution in [0.3, 0.4) is 0 Å². The normalized spacial score (nSPS) is 10.7. The van der Waals surface area contributed by atoms with Crippen molar-refractivity contribution in [2.45, 2.75) is 0 Å². The second kappa shape index (κ2) is 4.40. The Morgan fingerprint density at radius 3 is 3.00 bits per heavy atom. The van der Waals surface area contributed by atoms with Crippen molar-refractivity contribution < 1.29 is 4.52 Å². The van der Waals surface area contributed by atoms with E-state index in [-0.39, 0.29) is 0 Å². The standard InChI is InChI=1S/C11H7ClN4OS/c12-8-2-1-6(13)3-7(8)11-15-10(16-17-11)9-4-14-5-18-9/h1-5H,13H2. The molecule has 5 nitrogen and oxygen atoms in total. The summed E-state index contributed by atoms with van der Waals surface area (Å²) in [6.07, 6.45) is 1.68. The Morgan fingerprint density at radius 2 is 2.22 bits per heavy atom. The molecule has 3 rings (SSSR count). The van der Waals surface area contributed by atoms with Crippen LogP contribution < -0.4 is 5.73 Å². The summed E-state index contributed by atoms with van der Waals surface area (Å²) >= 11 is 7.51. The molecule has 0 amide bonds. The SMILES string of the molecule is Nc1ccc(Cl)c(-c2nc(-c3cncs3)no2)c1. The predicted octanol–water partition coefficient (Wildman–Crippen LogP) is 3.10. The van der Waals surface area contributed by atoms with Gasteiger partial charge in [-0.2, -0.15) is 4.98 Å². The number of benzene rings is 1. The van der Waals surface area contributed by atoms with Gasteiger partial charge in [-0.3, -0.25) is 4.98 Å². The maximum atomic E-state index is 6.07. The number of nitrogens with zero attached hydrogens (tertiary/aromatic N) is 3. The first-order valence-electron chi connectivity index (χ1n) is 5.02. The van der Waals surface area contributed by atoms with Crippen molar-refractivity contribution in [1.29, 1.82) is 0 Å². The van der Waals surface area contributed by atoms with Crippen LogP contribution in [0.1, 0.15) is 0 Å². The maximum Gasteiger partial charge on any atom is 0.259 e. The highest BCUT2D eigenvalue weighted by Gasteiger charge is 2.14. The number of aromatic nitrogens is 3. The van der Waals surface area contributed by atoms with Crippen LogP contribution in [0.2, 0.25) is 5.02 Å². The average molecular weight is 279 g/mol. The van der Waals surface area contributed by atoms with Crippen LogP contribution in [0.25, 0.3) is 22.2 Å². The number of halogens is 1. The lowest BCUT2D eigenvalue weighted by molar-refractivity contribution is 0.432. The van der Waals surface area contributed by atoms with Gasteiger partial charge in [0.2, 0.25) is 5.82 Å². The second-order valence-corrected chi connectivity index (χ2v) is 4.82. The third kappa shape index (κ3) is 1.96. The van der Waals surface area contributed by atoms with Gasteiger partial charge in [-0.1, -0.05) is 16.8 Å². The van der Waals surface area contributed by atoms with Gasteiger partial charge in [0.25, 0.3) is 5.89 Å². The molecule has 0 radical (unpaired) electrons. The molecule has 0 fully saturated rings. The van der Waals surface area contributed by atoms with Gasteiger partial charge in [0.05, 0.1) is 21.0 Å². The van der Waals surface area contributed by atoms with Gasteiger partial charge >= 0.3 is 0 Å². The summed E-state index contributed by atoms with van der Waals surface area (Å²) in [5.74, 6) is 0.835. The minimum atomic E-state index is 0.343. The smallest absolute Gasteiger partial charge is 0.259 e. The Hall–Kier alpha value is -1.92. The van der Waals surface area contributed by atoms with E-state index in [1.165, 1.54) is 11.3 Å². The lowest BCUT2D eigenvalue weighted by atomic mass is 10.2. The molecule has 0 aliphatic carbocycles. The van der Waals surface area contributed by atoms with Gasteiger partial charge < -0.3 is 10.3 Å². The molecule has 0 aliphatic heterocycles. The summed E-state index contributed by atoms with van der Waals surface area (Å²) in [6.45, 7) is 0. The Bertz CT molecular complexity index is 680. The molecule has 2 heterocycles. The molecule has 7 heteroatoms. The topological polar surface area (TPSA) is 77.8 Å². The van der Waals surface area contributed by atoms with Gasteiger partial charge in [0.15, 0.2) is 0 Å². The zero-order valence-corrected chi connectivity index (χ0v) is 10.6. The monoisotopic (exact) mass is 278 g/mol. The fraction of sp³-hybridized carbons (Fsp3) is 0. The molecule has 3 aromatic rings. The van der Waals surface area contributed by atoms with Crippen LogP contribution in [0, 0.1) is 0 Å². The van der Waals surface area contributed by atoms with Crippen molar-refractivity contribution in [3.05, 3.63) is 34.9 Å². The van der Waals surface area contributed by atoms with E-state index in [1.807, 2.05) is 0 Å². The molecule has 0 saturated carbocycles. The molecule has 0 unspecified atom stereocenters. The van der Waals surface area contributed by atoms with Crippen LogP contribution >= 0.6 is 22.9 Å². The van der Waals surface area contributed by atoms with Crippen LogP contribution in [0.15, 0.2) is 34.4 Å². The molecule has 0 aliphatic rings. The van der Waals surface area contributed by atoms with E-state index < -0.39 is 0 Å². The number of rotatable bonds is 2. The summed E-state index contributed by atoms with van der Waals surface area (Å²) in [4.78, 5) is 9.08. The highest BCUT2D eigenvalue weighted by Crippen LogP contribution is 2.30. The molecular formula is C11H7ClN4OS. The fourth-order valence-electron chi connectivity index (χ4n) is 1.47. The molecule has 2 N–H and O–H groups in total. The van der Waals surface area contributed by atoms with Gasteiger partial charge in [0, 0.05) is 11.9 Å². The predicted molar refractivity (Wildman–Crippen MR) is 70.3 cm³/mol. The largest absolute Gasteiger partial charge is 0.399 e. The Morgan fingerprint density at radius 1 is 1.33 bits per heavy atom. The van der Waals surface area contributed by atoms with E-state index in [0.717, 1.165) is 4.88 Å². The van der Waals surface area contributed by atoms with E-state index in [4.69, 9.17) is 21.9 Å². The van der Waals surface area contributed by atoms with Crippen molar-refractivity contribution in [2.24, 2.45) is 0 Å². The minimum Gasteiger partial charge on any atom is -0.399 e. The summed E-state index contributed by atoms with van der Waals surface area (Å²) in [6, 6.07) is 5.11. The van der Waals surface area contributed by atoms with Crippen molar-refractivity contribution in [2.75, 3.05) is 5.73 Å². The first kappa shape index (κ1) is 11.2. The highest BCUT2D eigenvalue weighted by molar-refractivity contribution is 7.13. The lowest BCUT2D eigenvalue weighted by Crippen LogP contribution is -1.86. The summed E-state index contributed by atoms with van der Waals surface area (Å²) < 4.78 is 5.19. The molecule has 2 aromatic heterocycles. The van der Waals surface area contributed by atoms with E-state index in [0.29, 0.717) is 28.0 Å². The number of nitrogen functional groups attached to an aromatic ring is 1. The minimum absolute atomic E-state index is 0.343. The number of thiazole rings is 1. The Balaban J connectivity index is 2.05. The average Bonchev–Trinajstić information content (AvgIpc) is 3.00. The zero-order valence-electron chi connectivity index (χ0n) is 9.00. The molecule has 0 saturated heterocycles. The van der Waals surface area contributed by atoms with Crippen molar-refractivity contribution in [3.8, 4) is 22.2 Å². The second-order valence-electron chi connectivity index (χ2n) is 3.53. The summed E-state index contributed by atoms with van der Waals surface area (Å²) in [5.41, 5.74) is 8.63. The number of hydrogen-bond donors (Lipinski definition) is 1. The van der Waals surface area contributed by atoms with Gasteiger partial charge in [-0.05, 0) is 18.2 Å². The number of nitrogens with two attached hydrogens (primary N) is 1. The van der Waals surface area contributed by atoms with E-state index in [2.05, 4.69) is 15.1 Å². The third-order valence-electron chi connectivity index (χ3n) is 2.30. The first-order valence-corrected chi connectivity index (χ1v) is 6.28. The van der Waals surface area contributed by atoms with E-state index in [9.17, 15) is 0 Å².